The molecule has 0 saturated carbocycles. The quantitative estimate of drug-likeness (QED) is 0.889. The van der Waals surface area contributed by atoms with Gasteiger partial charge in [0.15, 0.2) is 0 Å². The normalized spacial score (nSPS) is 15.6. The summed E-state index contributed by atoms with van der Waals surface area (Å²) in [7, 11) is 0. The molecule has 1 aliphatic rings. The number of hydrogen-bond donors (Lipinski definition) is 1. The average Bonchev–Trinajstić information content (AvgIpc) is 2.98. The van der Waals surface area contributed by atoms with Gasteiger partial charge in [0.25, 0.3) is 5.91 Å². The monoisotopic (exact) mass is 282 g/mol. The molecule has 19 heavy (non-hydrogen) atoms. The summed E-state index contributed by atoms with van der Waals surface area (Å²) in [5.41, 5.74) is 0.727. The van der Waals surface area contributed by atoms with E-state index >= 15 is 0 Å². The minimum absolute atomic E-state index is 0.0440. The second-order valence-corrected chi connectivity index (χ2v) is 5.29. The first kappa shape index (κ1) is 14.0. The van der Waals surface area contributed by atoms with E-state index in [9.17, 15) is 9.59 Å². The summed E-state index contributed by atoms with van der Waals surface area (Å²) in [5, 5.41) is 12.5. The lowest BCUT2D eigenvalue weighted by Crippen LogP contribution is -2.50. The molecule has 1 aromatic heterocycles. The summed E-state index contributed by atoms with van der Waals surface area (Å²) in [6.45, 7) is 2.38. The molecule has 6 heteroatoms. The third-order valence-corrected chi connectivity index (χ3v) is 3.92. The highest BCUT2D eigenvalue weighted by Gasteiger charge is 2.24. The molecule has 1 fully saturated rings. The maximum Gasteiger partial charge on any atom is 0.254 e. The van der Waals surface area contributed by atoms with E-state index < -0.39 is 0 Å². The number of thiophene rings is 1. The van der Waals surface area contributed by atoms with Gasteiger partial charge in [0, 0.05) is 44.6 Å². The van der Waals surface area contributed by atoms with Gasteiger partial charge in [0.05, 0.1) is 5.56 Å². The summed E-state index contributed by atoms with van der Waals surface area (Å²) in [6, 6.07) is 1.83. The molecule has 1 saturated heterocycles. The van der Waals surface area contributed by atoms with Crippen molar-refractivity contribution in [3.8, 4) is 0 Å². The molecule has 0 aromatic carbocycles. The van der Waals surface area contributed by atoms with Gasteiger partial charge in [-0.1, -0.05) is 0 Å². The highest BCUT2D eigenvalue weighted by Crippen LogP contribution is 2.12. The van der Waals surface area contributed by atoms with Crippen LogP contribution in [-0.4, -0.2) is 59.5 Å². The summed E-state index contributed by atoms with van der Waals surface area (Å²) in [5.74, 6) is 0.111. The summed E-state index contributed by atoms with van der Waals surface area (Å²) in [6.07, 6.45) is 0.891. The lowest BCUT2D eigenvalue weighted by Gasteiger charge is -2.34. The second kappa shape index (κ2) is 6.68. The van der Waals surface area contributed by atoms with Gasteiger partial charge < -0.3 is 14.9 Å². The minimum atomic E-state index is 0.0440. The zero-order valence-corrected chi connectivity index (χ0v) is 11.6. The molecule has 0 radical (unpaired) electrons. The number of aliphatic hydroxyl groups is 1. The summed E-state index contributed by atoms with van der Waals surface area (Å²) < 4.78 is 0. The molecule has 5 nitrogen and oxygen atoms in total. The molecule has 2 rings (SSSR count). The number of carbonyl (C=O) groups excluding carboxylic acids is 2. The summed E-state index contributed by atoms with van der Waals surface area (Å²) in [4.78, 5) is 27.4. The predicted octanol–water partition coefficient (Wildman–Crippen LogP) is 0.805. The van der Waals surface area contributed by atoms with Crippen molar-refractivity contribution in [3.63, 3.8) is 0 Å². The Morgan fingerprint density at radius 3 is 2.47 bits per heavy atom. The van der Waals surface area contributed by atoms with Crippen molar-refractivity contribution >= 4 is 23.2 Å². The Morgan fingerprint density at radius 1 is 1.21 bits per heavy atom. The third kappa shape index (κ3) is 3.54. The van der Waals surface area contributed by atoms with Gasteiger partial charge in [-0.05, 0) is 17.9 Å². The van der Waals surface area contributed by atoms with Crippen LogP contribution in [0.5, 0.6) is 0 Å². The molecule has 0 spiro atoms. The van der Waals surface area contributed by atoms with Crippen molar-refractivity contribution in [2.24, 2.45) is 0 Å². The Balaban J connectivity index is 1.82. The van der Waals surface area contributed by atoms with Crippen molar-refractivity contribution in [2.45, 2.75) is 12.8 Å². The van der Waals surface area contributed by atoms with Gasteiger partial charge in [-0.25, -0.2) is 0 Å². The molecule has 1 aromatic rings. The van der Waals surface area contributed by atoms with Crippen molar-refractivity contribution in [3.05, 3.63) is 22.4 Å². The Bertz CT molecular complexity index is 425. The number of amides is 2. The van der Waals surface area contributed by atoms with Gasteiger partial charge in [-0.2, -0.15) is 11.3 Å². The van der Waals surface area contributed by atoms with Crippen LogP contribution in [0.4, 0.5) is 0 Å². The van der Waals surface area contributed by atoms with Crippen LogP contribution < -0.4 is 0 Å². The van der Waals surface area contributed by atoms with E-state index in [2.05, 4.69) is 0 Å². The van der Waals surface area contributed by atoms with Gasteiger partial charge in [0.1, 0.15) is 0 Å². The maximum atomic E-state index is 12.1. The average molecular weight is 282 g/mol. The smallest absolute Gasteiger partial charge is 0.254 e. The lowest BCUT2D eigenvalue weighted by atomic mass is 10.2. The third-order valence-electron chi connectivity index (χ3n) is 3.24. The SMILES string of the molecule is O=C(CCCO)N1CCN(C(=O)c2ccsc2)CC1. The van der Waals surface area contributed by atoms with Crippen molar-refractivity contribution in [1.29, 1.82) is 0 Å². The first-order valence-corrected chi connectivity index (χ1v) is 7.37. The molecule has 104 valence electrons. The fourth-order valence-corrected chi connectivity index (χ4v) is 2.75. The van der Waals surface area contributed by atoms with Crippen molar-refractivity contribution in [2.75, 3.05) is 32.8 Å². The number of hydrogen-bond acceptors (Lipinski definition) is 4. The van der Waals surface area contributed by atoms with E-state index in [1.807, 2.05) is 16.8 Å². The zero-order valence-electron chi connectivity index (χ0n) is 10.7. The fourth-order valence-electron chi connectivity index (χ4n) is 2.12. The van der Waals surface area contributed by atoms with Crippen molar-refractivity contribution in [1.82, 2.24) is 9.80 Å². The Morgan fingerprint density at radius 2 is 1.89 bits per heavy atom. The van der Waals surface area contributed by atoms with E-state index in [0.717, 1.165) is 5.56 Å². The molecular weight excluding hydrogens is 264 g/mol. The number of rotatable bonds is 4. The summed E-state index contributed by atoms with van der Waals surface area (Å²) >= 11 is 1.51. The molecule has 1 aliphatic heterocycles. The predicted molar refractivity (Wildman–Crippen MR) is 73.1 cm³/mol. The van der Waals surface area contributed by atoms with Crippen LogP contribution in [0, 0.1) is 0 Å². The topological polar surface area (TPSA) is 60.9 Å². The largest absolute Gasteiger partial charge is 0.396 e. The zero-order chi connectivity index (χ0) is 13.7. The number of nitrogens with zero attached hydrogens (tertiary/aromatic N) is 2. The molecule has 2 heterocycles. The first-order valence-electron chi connectivity index (χ1n) is 6.42. The standard InChI is InChI=1S/C13H18N2O3S/c16-8-1-2-12(17)14-4-6-15(7-5-14)13(18)11-3-9-19-10-11/h3,9-10,16H,1-2,4-8H2. The van der Waals surface area contributed by atoms with Crippen LogP contribution in [0.15, 0.2) is 16.8 Å². The highest BCUT2D eigenvalue weighted by atomic mass is 32.1. The lowest BCUT2D eigenvalue weighted by molar-refractivity contribution is -0.132. The number of carbonyl (C=O) groups is 2. The van der Waals surface area contributed by atoms with Crippen molar-refractivity contribution < 1.29 is 14.7 Å². The Kier molecular flexibility index (Phi) is 4.93. The Labute approximate surface area is 116 Å². The number of aliphatic hydroxyl groups excluding tert-OH is 1. The van der Waals surface area contributed by atoms with E-state index in [1.165, 1.54) is 11.3 Å². The molecule has 0 bridgehead atoms. The van der Waals surface area contributed by atoms with E-state index in [-0.39, 0.29) is 18.4 Å². The van der Waals surface area contributed by atoms with Crippen LogP contribution in [0.25, 0.3) is 0 Å². The van der Waals surface area contributed by atoms with Crippen LogP contribution in [0.2, 0.25) is 0 Å². The van der Waals surface area contributed by atoms with E-state index in [1.54, 1.807) is 9.80 Å². The number of piperazine rings is 1. The minimum Gasteiger partial charge on any atom is -0.396 e. The maximum absolute atomic E-state index is 12.1. The molecule has 0 atom stereocenters. The van der Waals surface area contributed by atoms with E-state index in [4.69, 9.17) is 5.11 Å². The second-order valence-electron chi connectivity index (χ2n) is 4.51. The highest BCUT2D eigenvalue weighted by molar-refractivity contribution is 7.08. The molecule has 0 aliphatic carbocycles. The first-order chi connectivity index (χ1) is 9.22. The molecular formula is C13H18N2O3S. The van der Waals surface area contributed by atoms with Gasteiger partial charge in [0.2, 0.25) is 5.91 Å². The molecule has 0 unspecified atom stereocenters. The molecule has 1 N–H and O–H groups in total. The van der Waals surface area contributed by atoms with E-state index in [0.29, 0.717) is 39.0 Å². The van der Waals surface area contributed by atoms with Crippen LogP contribution in [0.1, 0.15) is 23.2 Å². The van der Waals surface area contributed by atoms with Gasteiger partial charge in [-0.3, -0.25) is 9.59 Å². The fraction of sp³-hybridized carbons (Fsp3) is 0.538. The van der Waals surface area contributed by atoms with Crippen LogP contribution in [-0.2, 0) is 4.79 Å². The Hall–Kier alpha value is -1.40. The van der Waals surface area contributed by atoms with Crippen LogP contribution >= 0.6 is 11.3 Å². The van der Waals surface area contributed by atoms with Gasteiger partial charge in [-0.15, -0.1) is 0 Å². The van der Waals surface area contributed by atoms with Gasteiger partial charge >= 0.3 is 0 Å². The molecule has 2 amide bonds. The van der Waals surface area contributed by atoms with Crippen LogP contribution in [0.3, 0.4) is 0 Å².